The Morgan fingerprint density at radius 1 is 1.00 bits per heavy atom. The van der Waals surface area contributed by atoms with Crippen LogP contribution < -0.4 is 5.56 Å². The molecule has 26 heavy (non-hydrogen) atoms. The molecule has 0 aliphatic heterocycles. The average molecular weight is 349 g/mol. The lowest BCUT2D eigenvalue weighted by atomic mass is 10.1. The maximum Gasteiger partial charge on any atom is 0.340 e. The molecule has 3 aromatic rings. The van der Waals surface area contributed by atoms with Gasteiger partial charge in [0.15, 0.2) is 0 Å². The molecule has 4 heteroatoms. The standard InChI is InChI=1S/C22H23NO3/c1-3-4-7-14-26-22(25)20-15-23(17-12-10-16(2)11-13-17)21(24)19-9-6-5-8-18(19)20/h5-6,8-13,15H,3-4,7,14H2,1-2H3. The Kier molecular flexibility index (Phi) is 5.52. The number of nitrogens with zero attached hydrogens (tertiary/aromatic N) is 1. The summed E-state index contributed by atoms with van der Waals surface area (Å²) in [6.07, 6.45) is 4.53. The molecule has 1 heterocycles. The van der Waals surface area contributed by atoms with Gasteiger partial charge < -0.3 is 4.74 Å². The van der Waals surface area contributed by atoms with Gasteiger partial charge >= 0.3 is 5.97 Å². The SMILES string of the molecule is CCCCCOC(=O)c1cn(-c2ccc(C)cc2)c(=O)c2ccccc12. The number of pyridine rings is 1. The molecule has 0 saturated carbocycles. The summed E-state index contributed by atoms with van der Waals surface area (Å²) in [4.78, 5) is 25.5. The van der Waals surface area contributed by atoms with Crippen LogP contribution in [0, 0.1) is 6.92 Å². The molecule has 0 unspecified atom stereocenters. The molecule has 0 amide bonds. The first-order chi connectivity index (χ1) is 12.6. The second-order valence-corrected chi connectivity index (χ2v) is 6.44. The Labute approximate surface area is 153 Å². The van der Waals surface area contributed by atoms with Crippen molar-refractivity contribution in [3.05, 3.63) is 76.2 Å². The van der Waals surface area contributed by atoms with E-state index in [1.165, 1.54) is 4.57 Å². The van der Waals surface area contributed by atoms with E-state index in [0.717, 1.165) is 30.5 Å². The Morgan fingerprint density at radius 3 is 2.38 bits per heavy atom. The number of unbranched alkanes of at least 4 members (excludes halogenated alkanes) is 2. The van der Waals surface area contributed by atoms with Gasteiger partial charge in [0.1, 0.15) is 0 Å². The number of fused-ring (bicyclic) bond motifs is 1. The highest BCUT2D eigenvalue weighted by Gasteiger charge is 2.16. The summed E-state index contributed by atoms with van der Waals surface area (Å²) in [5, 5.41) is 1.14. The first-order valence-electron chi connectivity index (χ1n) is 9.00. The molecule has 0 atom stereocenters. The topological polar surface area (TPSA) is 48.3 Å². The van der Waals surface area contributed by atoms with Crippen molar-refractivity contribution in [2.75, 3.05) is 6.61 Å². The van der Waals surface area contributed by atoms with Crippen LogP contribution in [-0.2, 0) is 4.74 Å². The van der Waals surface area contributed by atoms with Crippen LogP contribution in [0.15, 0.2) is 59.5 Å². The lowest BCUT2D eigenvalue weighted by Crippen LogP contribution is -2.21. The van der Waals surface area contributed by atoms with E-state index in [4.69, 9.17) is 4.74 Å². The predicted octanol–water partition coefficient (Wildman–Crippen LogP) is 4.65. The summed E-state index contributed by atoms with van der Waals surface area (Å²) in [6, 6.07) is 14.8. The van der Waals surface area contributed by atoms with Crippen molar-refractivity contribution in [1.29, 1.82) is 0 Å². The molecule has 0 N–H and O–H groups in total. The van der Waals surface area contributed by atoms with Crippen LogP contribution in [0.3, 0.4) is 0 Å². The normalized spacial score (nSPS) is 10.8. The molecule has 0 spiro atoms. The van der Waals surface area contributed by atoms with E-state index in [1.54, 1.807) is 24.4 Å². The van der Waals surface area contributed by atoms with Crippen molar-refractivity contribution in [2.24, 2.45) is 0 Å². The fourth-order valence-electron chi connectivity index (χ4n) is 2.95. The zero-order valence-corrected chi connectivity index (χ0v) is 15.2. The van der Waals surface area contributed by atoms with E-state index in [2.05, 4.69) is 6.92 Å². The molecule has 0 aliphatic rings. The molecule has 0 aliphatic carbocycles. The number of carbonyl (C=O) groups excluding carboxylic acids is 1. The van der Waals surface area contributed by atoms with E-state index in [1.807, 2.05) is 37.3 Å². The fourth-order valence-corrected chi connectivity index (χ4v) is 2.95. The maximum absolute atomic E-state index is 12.9. The van der Waals surface area contributed by atoms with Crippen LogP contribution in [0.5, 0.6) is 0 Å². The minimum atomic E-state index is -0.391. The van der Waals surface area contributed by atoms with Gasteiger partial charge in [-0.3, -0.25) is 9.36 Å². The second kappa shape index (κ2) is 8.00. The lowest BCUT2D eigenvalue weighted by molar-refractivity contribution is 0.0499. The number of rotatable bonds is 6. The van der Waals surface area contributed by atoms with Gasteiger partial charge in [0.2, 0.25) is 0 Å². The third-order valence-corrected chi connectivity index (χ3v) is 4.44. The molecular weight excluding hydrogens is 326 g/mol. The highest BCUT2D eigenvalue weighted by Crippen LogP contribution is 2.19. The summed E-state index contributed by atoms with van der Waals surface area (Å²) < 4.78 is 6.95. The largest absolute Gasteiger partial charge is 0.462 e. The average Bonchev–Trinajstić information content (AvgIpc) is 2.66. The Hall–Kier alpha value is -2.88. The van der Waals surface area contributed by atoms with Crippen molar-refractivity contribution >= 4 is 16.7 Å². The van der Waals surface area contributed by atoms with E-state index in [-0.39, 0.29) is 5.56 Å². The molecule has 0 radical (unpaired) electrons. The molecule has 3 rings (SSSR count). The molecule has 1 aromatic heterocycles. The first kappa shape index (κ1) is 17.9. The minimum absolute atomic E-state index is 0.146. The summed E-state index contributed by atoms with van der Waals surface area (Å²) in [6.45, 7) is 4.49. The van der Waals surface area contributed by atoms with E-state index in [0.29, 0.717) is 22.9 Å². The van der Waals surface area contributed by atoms with Crippen molar-refractivity contribution in [3.8, 4) is 5.69 Å². The molecule has 0 fully saturated rings. The van der Waals surface area contributed by atoms with Crippen LogP contribution in [0.1, 0.15) is 42.1 Å². The summed E-state index contributed by atoms with van der Waals surface area (Å²) in [5.74, 6) is -0.391. The van der Waals surface area contributed by atoms with Crippen LogP contribution in [0.4, 0.5) is 0 Å². The number of benzene rings is 2. The summed E-state index contributed by atoms with van der Waals surface area (Å²) in [5.41, 5.74) is 2.11. The Morgan fingerprint density at radius 2 is 1.69 bits per heavy atom. The van der Waals surface area contributed by atoms with Crippen LogP contribution in [-0.4, -0.2) is 17.1 Å². The smallest absolute Gasteiger partial charge is 0.340 e. The van der Waals surface area contributed by atoms with Gasteiger partial charge in [-0.15, -0.1) is 0 Å². The highest BCUT2D eigenvalue weighted by atomic mass is 16.5. The number of aryl methyl sites for hydroxylation is 1. The predicted molar refractivity (Wildman–Crippen MR) is 104 cm³/mol. The van der Waals surface area contributed by atoms with Crippen LogP contribution in [0.25, 0.3) is 16.5 Å². The highest BCUT2D eigenvalue weighted by molar-refractivity contribution is 6.04. The number of aromatic nitrogens is 1. The Balaban J connectivity index is 2.07. The molecule has 0 saturated heterocycles. The van der Waals surface area contributed by atoms with Crippen molar-refractivity contribution in [3.63, 3.8) is 0 Å². The first-order valence-corrected chi connectivity index (χ1v) is 9.00. The monoisotopic (exact) mass is 349 g/mol. The van der Waals surface area contributed by atoms with E-state index in [9.17, 15) is 9.59 Å². The number of esters is 1. The van der Waals surface area contributed by atoms with Crippen LogP contribution >= 0.6 is 0 Å². The molecule has 134 valence electrons. The van der Waals surface area contributed by atoms with Gasteiger partial charge in [0.05, 0.1) is 12.2 Å². The van der Waals surface area contributed by atoms with E-state index >= 15 is 0 Å². The quantitative estimate of drug-likeness (QED) is 0.481. The fraction of sp³-hybridized carbons (Fsp3) is 0.273. The lowest BCUT2D eigenvalue weighted by Gasteiger charge is -2.12. The van der Waals surface area contributed by atoms with Gasteiger partial charge in [0, 0.05) is 22.7 Å². The number of hydrogen-bond acceptors (Lipinski definition) is 3. The second-order valence-electron chi connectivity index (χ2n) is 6.44. The molecule has 4 nitrogen and oxygen atoms in total. The van der Waals surface area contributed by atoms with Gasteiger partial charge in [-0.1, -0.05) is 55.7 Å². The third-order valence-electron chi connectivity index (χ3n) is 4.44. The number of carbonyl (C=O) groups is 1. The summed E-state index contributed by atoms with van der Waals surface area (Å²) in [7, 11) is 0. The third kappa shape index (κ3) is 3.69. The van der Waals surface area contributed by atoms with Gasteiger partial charge in [0.25, 0.3) is 5.56 Å². The zero-order chi connectivity index (χ0) is 18.5. The zero-order valence-electron chi connectivity index (χ0n) is 15.2. The Bertz CT molecular complexity index is 971. The van der Waals surface area contributed by atoms with Gasteiger partial charge in [-0.2, -0.15) is 0 Å². The molecule has 2 aromatic carbocycles. The maximum atomic E-state index is 12.9. The number of hydrogen-bond donors (Lipinski definition) is 0. The van der Waals surface area contributed by atoms with Gasteiger partial charge in [-0.05, 0) is 31.5 Å². The summed E-state index contributed by atoms with van der Waals surface area (Å²) >= 11 is 0. The number of ether oxygens (including phenoxy) is 1. The minimum Gasteiger partial charge on any atom is -0.462 e. The van der Waals surface area contributed by atoms with Crippen LogP contribution in [0.2, 0.25) is 0 Å². The van der Waals surface area contributed by atoms with Crippen molar-refractivity contribution in [2.45, 2.75) is 33.1 Å². The van der Waals surface area contributed by atoms with Crippen molar-refractivity contribution < 1.29 is 9.53 Å². The molecule has 0 bridgehead atoms. The molecular formula is C22H23NO3. The van der Waals surface area contributed by atoms with Crippen molar-refractivity contribution in [1.82, 2.24) is 4.57 Å². The van der Waals surface area contributed by atoms with E-state index < -0.39 is 5.97 Å². The van der Waals surface area contributed by atoms with Gasteiger partial charge in [-0.25, -0.2) is 4.79 Å².